The van der Waals surface area contributed by atoms with Crippen molar-refractivity contribution in [3.63, 3.8) is 0 Å². The molecule has 0 unspecified atom stereocenters. The number of hydrogen-bond acceptors (Lipinski definition) is 4. The largest absolute Gasteiger partial charge is 0.497 e. The first-order chi connectivity index (χ1) is 8.63. The van der Waals surface area contributed by atoms with Gasteiger partial charge in [-0.15, -0.1) is 0 Å². The lowest BCUT2D eigenvalue weighted by atomic mass is 10.1. The van der Waals surface area contributed by atoms with Gasteiger partial charge in [-0.05, 0) is 18.2 Å². The first-order valence-electron chi connectivity index (χ1n) is 5.00. The summed E-state index contributed by atoms with van der Waals surface area (Å²) in [6, 6.07) is 4.95. The van der Waals surface area contributed by atoms with E-state index in [1.807, 2.05) is 0 Å². The Bertz CT molecular complexity index is 602. The Balaban J connectivity index is 2.59. The van der Waals surface area contributed by atoms with Gasteiger partial charge in [-0.3, -0.25) is 0 Å². The number of carboxylic acid groups (broad SMARTS) is 1. The van der Waals surface area contributed by atoms with Gasteiger partial charge in [0.2, 0.25) is 0 Å². The highest BCUT2D eigenvalue weighted by atomic mass is 35.5. The summed E-state index contributed by atoms with van der Waals surface area (Å²) in [5, 5.41) is 9.44. The monoisotopic (exact) mass is 264 g/mol. The minimum Gasteiger partial charge on any atom is -0.497 e. The fraction of sp³-hybridized carbons (Fsp3) is 0.0833. The smallest absolute Gasteiger partial charge is 0.339 e. The van der Waals surface area contributed by atoms with Crippen molar-refractivity contribution in [1.29, 1.82) is 0 Å². The van der Waals surface area contributed by atoms with Crippen molar-refractivity contribution in [2.45, 2.75) is 0 Å². The molecule has 5 nitrogen and oxygen atoms in total. The minimum atomic E-state index is -1.10. The van der Waals surface area contributed by atoms with Gasteiger partial charge in [-0.25, -0.2) is 14.8 Å². The van der Waals surface area contributed by atoms with Crippen molar-refractivity contribution in [1.82, 2.24) is 9.97 Å². The fourth-order valence-corrected chi connectivity index (χ4v) is 1.78. The van der Waals surface area contributed by atoms with Crippen LogP contribution >= 0.6 is 11.6 Å². The second-order valence-corrected chi connectivity index (χ2v) is 3.84. The van der Waals surface area contributed by atoms with Crippen molar-refractivity contribution >= 4 is 17.6 Å². The molecule has 0 spiro atoms. The van der Waals surface area contributed by atoms with Gasteiger partial charge in [0.1, 0.15) is 17.6 Å². The molecule has 18 heavy (non-hydrogen) atoms. The predicted octanol–water partition coefficient (Wildman–Crippen LogP) is 2.50. The Hall–Kier alpha value is -2.14. The standard InChI is InChI=1S/C12H9ClN2O3/c1-18-7-2-3-8(10(13)4-7)11-9(12(16)17)5-14-6-15-11/h2-6H,1H3,(H,16,17). The molecule has 6 heteroatoms. The Kier molecular flexibility index (Phi) is 3.43. The van der Waals surface area contributed by atoms with Gasteiger partial charge in [-0.1, -0.05) is 11.6 Å². The molecule has 2 rings (SSSR count). The number of rotatable bonds is 3. The Labute approximate surface area is 108 Å². The number of aromatic carboxylic acids is 1. The average molecular weight is 265 g/mol. The third kappa shape index (κ3) is 2.26. The van der Waals surface area contributed by atoms with Crippen molar-refractivity contribution in [2.75, 3.05) is 7.11 Å². The van der Waals surface area contributed by atoms with Crippen LogP contribution < -0.4 is 4.74 Å². The molecule has 0 amide bonds. The summed E-state index contributed by atoms with van der Waals surface area (Å²) in [6.45, 7) is 0. The first kappa shape index (κ1) is 12.3. The van der Waals surface area contributed by atoms with E-state index in [2.05, 4.69) is 9.97 Å². The van der Waals surface area contributed by atoms with Gasteiger partial charge in [0, 0.05) is 11.8 Å². The van der Waals surface area contributed by atoms with Gasteiger partial charge >= 0.3 is 5.97 Å². The zero-order valence-electron chi connectivity index (χ0n) is 9.42. The highest BCUT2D eigenvalue weighted by Crippen LogP contribution is 2.31. The van der Waals surface area contributed by atoms with Crippen LogP contribution in [0.4, 0.5) is 0 Å². The SMILES string of the molecule is COc1ccc(-c2ncncc2C(=O)O)c(Cl)c1. The molecule has 0 saturated heterocycles. The van der Waals surface area contributed by atoms with Crippen LogP contribution in [0.2, 0.25) is 5.02 Å². The highest BCUT2D eigenvalue weighted by molar-refractivity contribution is 6.33. The van der Waals surface area contributed by atoms with Crippen LogP contribution in [-0.4, -0.2) is 28.2 Å². The van der Waals surface area contributed by atoms with E-state index in [0.29, 0.717) is 16.3 Å². The summed E-state index contributed by atoms with van der Waals surface area (Å²) in [4.78, 5) is 18.7. The average Bonchev–Trinajstić information content (AvgIpc) is 2.38. The molecule has 0 saturated carbocycles. The number of carboxylic acids is 1. The fourth-order valence-electron chi connectivity index (χ4n) is 1.52. The molecule has 1 aromatic carbocycles. The lowest BCUT2D eigenvalue weighted by molar-refractivity contribution is 0.0697. The molecule has 0 radical (unpaired) electrons. The number of benzene rings is 1. The lowest BCUT2D eigenvalue weighted by Gasteiger charge is -2.08. The van der Waals surface area contributed by atoms with E-state index in [-0.39, 0.29) is 11.3 Å². The molecule has 2 aromatic rings. The Morgan fingerprint density at radius 2 is 2.22 bits per heavy atom. The van der Waals surface area contributed by atoms with E-state index >= 15 is 0 Å². The molecule has 0 aliphatic rings. The third-order valence-corrected chi connectivity index (χ3v) is 2.69. The zero-order valence-corrected chi connectivity index (χ0v) is 10.2. The second kappa shape index (κ2) is 5.01. The predicted molar refractivity (Wildman–Crippen MR) is 66.0 cm³/mol. The number of hydrogen-bond donors (Lipinski definition) is 1. The highest BCUT2D eigenvalue weighted by Gasteiger charge is 2.15. The molecule has 0 aliphatic carbocycles. The number of nitrogens with zero attached hydrogens (tertiary/aromatic N) is 2. The number of methoxy groups -OCH3 is 1. The second-order valence-electron chi connectivity index (χ2n) is 3.44. The third-order valence-electron chi connectivity index (χ3n) is 2.37. The van der Waals surface area contributed by atoms with Gasteiger partial charge in [0.05, 0.1) is 17.8 Å². The molecule has 0 atom stereocenters. The number of ether oxygens (including phenoxy) is 1. The molecular formula is C12H9ClN2O3. The van der Waals surface area contributed by atoms with E-state index in [1.165, 1.54) is 19.6 Å². The van der Waals surface area contributed by atoms with Crippen molar-refractivity contribution in [3.05, 3.63) is 41.3 Å². The molecule has 1 heterocycles. The summed E-state index contributed by atoms with van der Waals surface area (Å²) in [6.07, 6.45) is 2.52. The van der Waals surface area contributed by atoms with Crippen LogP contribution in [0, 0.1) is 0 Å². The van der Waals surface area contributed by atoms with E-state index < -0.39 is 5.97 Å². The van der Waals surface area contributed by atoms with Gasteiger partial charge in [0.15, 0.2) is 0 Å². The molecule has 1 N–H and O–H groups in total. The van der Waals surface area contributed by atoms with Gasteiger partial charge < -0.3 is 9.84 Å². The minimum absolute atomic E-state index is 0.00423. The lowest BCUT2D eigenvalue weighted by Crippen LogP contribution is -2.02. The Morgan fingerprint density at radius 1 is 1.44 bits per heavy atom. The number of aromatic nitrogens is 2. The summed E-state index contributed by atoms with van der Waals surface area (Å²) in [5.41, 5.74) is 0.812. The topological polar surface area (TPSA) is 72.3 Å². The quantitative estimate of drug-likeness (QED) is 0.922. The summed E-state index contributed by atoms with van der Waals surface area (Å²) >= 11 is 6.09. The van der Waals surface area contributed by atoms with Crippen molar-refractivity contribution in [2.24, 2.45) is 0 Å². The summed E-state index contributed by atoms with van der Waals surface area (Å²) in [7, 11) is 1.53. The van der Waals surface area contributed by atoms with Crippen LogP contribution in [0.3, 0.4) is 0 Å². The maximum Gasteiger partial charge on any atom is 0.339 e. The number of halogens is 1. The van der Waals surface area contributed by atoms with Crippen LogP contribution in [0.15, 0.2) is 30.7 Å². The zero-order chi connectivity index (χ0) is 13.1. The van der Waals surface area contributed by atoms with E-state index in [9.17, 15) is 4.79 Å². The van der Waals surface area contributed by atoms with Crippen molar-refractivity contribution in [3.8, 4) is 17.0 Å². The van der Waals surface area contributed by atoms with E-state index in [4.69, 9.17) is 21.4 Å². The number of carbonyl (C=O) groups is 1. The maximum atomic E-state index is 11.1. The maximum absolute atomic E-state index is 11.1. The molecular weight excluding hydrogens is 256 g/mol. The molecule has 92 valence electrons. The molecule has 0 fully saturated rings. The molecule has 1 aromatic heterocycles. The van der Waals surface area contributed by atoms with Crippen LogP contribution in [-0.2, 0) is 0 Å². The van der Waals surface area contributed by atoms with E-state index in [1.54, 1.807) is 18.2 Å². The van der Waals surface area contributed by atoms with E-state index in [0.717, 1.165) is 0 Å². The molecule has 0 bridgehead atoms. The Morgan fingerprint density at radius 3 is 2.83 bits per heavy atom. The van der Waals surface area contributed by atoms with Crippen molar-refractivity contribution < 1.29 is 14.6 Å². The summed E-state index contributed by atoms with van der Waals surface area (Å²) in [5.74, 6) is -0.507. The van der Waals surface area contributed by atoms with Crippen LogP contribution in [0.5, 0.6) is 5.75 Å². The first-order valence-corrected chi connectivity index (χ1v) is 5.38. The van der Waals surface area contributed by atoms with Gasteiger partial charge in [-0.2, -0.15) is 0 Å². The summed E-state index contributed by atoms with van der Waals surface area (Å²) < 4.78 is 5.03. The normalized spacial score (nSPS) is 10.1. The van der Waals surface area contributed by atoms with Gasteiger partial charge in [0.25, 0.3) is 0 Å². The van der Waals surface area contributed by atoms with Crippen LogP contribution in [0.25, 0.3) is 11.3 Å². The molecule has 0 aliphatic heterocycles. The van der Waals surface area contributed by atoms with Crippen LogP contribution in [0.1, 0.15) is 10.4 Å².